The number of methoxy groups -OCH3 is 1. The molecule has 0 aliphatic carbocycles. The average Bonchev–Trinajstić information content (AvgIpc) is 2.73. The second-order valence-electron chi connectivity index (χ2n) is 6.65. The van der Waals surface area contributed by atoms with Gasteiger partial charge in [0.15, 0.2) is 0 Å². The first-order chi connectivity index (χ1) is 14.2. The molecule has 0 aromatic heterocycles. The van der Waals surface area contributed by atoms with Crippen molar-refractivity contribution in [1.82, 2.24) is 9.62 Å². The molecule has 1 unspecified atom stereocenters. The van der Waals surface area contributed by atoms with E-state index in [0.29, 0.717) is 30.1 Å². The molecule has 2 aromatic rings. The summed E-state index contributed by atoms with van der Waals surface area (Å²) in [7, 11) is -2.68. The lowest BCUT2D eigenvalue weighted by Crippen LogP contribution is -2.46. The van der Waals surface area contributed by atoms with Gasteiger partial charge in [-0.1, -0.05) is 12.1 Å². The number of rotatable bonds is 9. The standard InChI is InChI=1S/C21H27N3O5S/c1-4-24(5-2)21(26)19(14-15-6-8-16(22)9-7-15)20(25)23-30(27,28)18-12-10-17(29-3)11-13-18/h6-13,19H,4-5,14,22H2,1-3H3,(H,23,25). The van der Waals surface area contributed by atoms with E-state index >= 15 is 0 Å². The molecule has 2 amide bonds. The number of hydrogen-bond acceptors (Lipinski definition) is 6. The van der Waals surface area contributed by atoms with Crippen LogP contribution in [0.4, 0.5) is 5.69 Å². The van der Waals surface area contributed by atoms with Crippen LogP contribution < -0.4 is 15.2 Å². The highest BCUT2D eigenvalue weighted by Crippen LogP contribution is 2.18. The summed E-state index contributed by atoms with van der Waals surface area (Å²) in [5.41, 5.74) is 6.95. The maximum absolute atomic E-state index is 13.0. The van der Waals surface area contributed by atoms with Gasteiger partial charge in [0.05, 0.1) is 12.0 Å². The van der Waals surface area contributed by atoms with Crippen molar-refractivity contribution >= 4 is 27.5 Å². The molecule has 0 aliphatic rings. The Morgan fingerprint density at radius 3 is 2.10 bits per heavy atom. The van der Waals surface area contributed by atoms with E-state index < -0.39 is 27.8 Å². The van der Waals surface area contributed by atoms with E-state index in [1.807, 2.05) is 4.72 Å². The zero-order chi connectivity index (χ0) is 22.3. The van der Waals surface area contributed by atoms with E-state index in [1.165, 1.54) is 36.3 Å². The molecule has 9 heteroatoms. The molecular weight excluding hydrogens is 406 g/mol. The fraction of sp³-hybridized carbons (Fsp3) is 0.333. The molecule has 0 radical (unpaired) electrons. The first-order valence-electron chi connectivity index (χ1n) is 9.55. The third-order valence-corrected chi connectivity index (χ3v) is 6.08. The van der Waals surface area contributed by atoms with Crippen molar-refractivity contribution in [2.45, 2.75) is 25.2 Å². The Balaban J connectivity index is 2.29. The molecule has 0 aliphatic heterocycles. The number of nitrogens with two attached hydrogens (primary N) is 1. The minimum Gasteiger partial charge on any atom is -0.497 e. The number of hydrogen-bond donors (Lipinski definition) is 2. The van der Waals surface area contributed by atoms with E-state index in [0.717, 1.165) is 0 Å². The summed E-state index contributed by atoms with van der Waals surface area (Å²) in [5, 5.41) is 0. The predicted molar refractivity (Wildman–Crippen MR) is 114 cm³/mol. The lowest BCUT2D eigenvalue weighted by atomic mass is 9.97. The summed E-state index contributed by atoms with van der Waals surface area (Å²) < 4.78 is 32.4. The first kappa shape index (κ1) is 23.2. The molecular formula is C21H27N3O5S. The van der Waals surface area contributed by atoms with Gasteiger partial charge in [0, 0.05) is 18.8 Å². The number of carbonyl (C=O) groups is 2. The van der Waals surface area contributed by atoms with E-state index in [-0.39, 0.29) is 11.3 Å². The highest BCUT2D eigenvalue weighted by molar-refractivity contribution is 7.90. The molecule has 8 nitrogen and oxygen atoms in total. The summed E-state index contributed by atoms with van der Waals surface area (Å²) >= 11 is 0. The molecule has 1 atom stereocenters. The molecule has 162 valence electrons. The number of ether oxygens (including phenoxy) is 1. The SMILES string of the molecule is CCN(CC)C(=O)C(Cc1ccc(N)cc1)C(=O)NS(=O)(=O)c1ccc(OC)cc1. The van der Waals surface area contributed by atoms with Gasteiger partial charge < -0.3 is 15.4 Å². The van der Waals surface area contributed by atoms with E-state index in [2.05, 4.69) is 0 Å². The van der Waals surface area contributed by atoms with Gasteiger partial charge in [-0.25, -0.2) is 13.1 Å². The summed E-state index contributed by atoms with van der Waals surface area (Å²) in [6, 6.07) is 12.4. The quantitative estimate of drug-likeness (QED) is 0.460. The summed E-state index contributed by atoms with van der Waals surface area (Å²) in [4.78, 5) is 27.3. The van der Waals surface area contributed by atoms with Crippen LogP contribution in [-0.4, -0.2) is 45.3 Å². The van der Waals surface area contributed by atoms with Gasteiger partial charge in [0.2, 0.25) is 11.8 Å². The van der Waals surface area contributed by atoms with Gasteiger partial charge >= 0.3 is 0 Å². The van der Waals surface area contributed by atoms with Crippen LogP contribution in [0.25, 0.3) is 0 Å². The molecule has 0 heterocycles. The second-order valence-corrected chi connectivity index (χ2v) is 8.34. The Morgan fingerprint density at radius 1 is 1.03 bits per heavy atom. The highest BCUT2D eigenvalue weighted by atomic mass is 32.2. The number of amides is 2. The third kappa shape index (κ3) is 5.73. The Hall–Kier alpha value is -3.07. The van der Waals surface area contributed by atoms with Gasteiger partial charge in [-0.05, 0) is 62.2 Å². The first-order valence-corrected chi connectivity index (χ1v) is 11.0. The van der Waals surface area contributed by atoms with Crippen LogP contribution in [0.2, 0.25) is 0 Å². The van der Waals surface area contributed by atoms with Gasteiger partial charge in [0.1, 0.15) is 11.7 Å². The molecule has 0 saturated heterocycles. The third-order valence-electron chi connectivity index (χ3n) is 4.71. The molecule has 0 bridgehead atoms. The fourth-order valence-corrected chi connectivity index (χ4v) is 3.97. The van der Waals surface area contributed by atoms with Crippen LogP contribution in [0, 0.1) is 5.92 Å². The summed E-state index contributed by atoms with van der Waals surface area (Å²) in [5.74, 6) is -2.02. The maximum Gasteiger partial charge on any atom is 0.264 e. The zero-order valence-corrected chi connectivity index (χ0v) is 18.1. The smallest absolute Gasteiger partial charge is 0.264 e. The Kier molecular flexibility index (Phi) is 7.82. The van der Waals surface area contributed by atoms with Crippen LogP contribution in [0.3, 0.4) is 0 Å². The van der Waals surface area contributed by atoms with Crippen LogP contribution in [-0.2, 0) is 26.0 Å². The van der Waals surface area contributed by atoms with Crippen molar-refractivity contribution in [1.29, 1.82) is 0 Å². The van der Waals surface area contributed by atoms with Crippen LogP contribution in [0.15, 0.2) is 53.4 Å². The van der Waals surface area contributed by atoms with Crippen molar-refractivity contribution in [3.63, 3.8) is 0 Å². The molecule has 0 saturated carbocycles. The van der Waals surface area contributed by atoms with Crippen molar-refractivity contribution in [2.24, 2.45) is 5.92 Å². The molecule has 0 spiro atoms. The predicted octanol–water partition coefficient (Wildman–Crippen LogP) is 1.81. The van der Waals surface area contributed by atoms with E-state index in [9.17, 15) is 18.0 Å². The number of nitrogens with one attached hydrogen (secondary N) is 1. The summed E-state index contributed by atoms with van der Waals surface area (Å²) in [6.07, 6.45) is 0.0551. The maximum atomic E-state index is 13.0. The zero-order valence-electron chi connectivity index (χ0n) is 17.3. The van der Waals surface area contributed by atoms with E-state index in [1.54, 1.807) is 38.1 Å². The Labute approximate surface area is 177 Å². The van der Waals surface area contributed by atoms with Crippen molar-refractivity contribution in [3.8, 4) is 5.75 Å². The number of sulfonamides is 1. The van der Waals surface area contributed by atoms with Gasteiger partial charge in [-0.3, -0.25) is 9.59 Å². The minimum atomic E-state index is -4.15. The fourth-order valence-electron chi connectivity index (χ4n) is 2.95. The molecule has 2 rings (SSSR count). The second kappa shape index (κ2) is 10.1. The number of nitrogen functional groups attached to an aromatic ring is 1. The normalized spacial score (nSPS) is 12.1. The van der Waals surface area contributed by atoms with E-state index in [4.69, 9.17) is 10.5 Å². The largest absolute Gasteiger partial charge is 0.497 e. The number of benzene rings is 2. The number of anilines is 1. The highest BCUT2D eigenvalue weighted by Gasteiger charge is 2.32. The van der Waals surface area contributed by atoms with Crippen LogP contribution in [0.1, 0.15) is 19.4 Å². The Morgan fingerprint density at radius 2 is 1.60 bits per heavy atom. The van der Waals surface area contributed by atoms with Crippen LogP contribution in [0.5, 0.6) is 5.75 Å². The van der Waals surface area contributed by atoms with Crippen molar-refractivity contribution in [3.05, 3.63) is 54.1 Å². The lowest BCUT2D eigenvalue weighted by Gasteiger charge is -2.24. The molecule has 3 N–H and O–H groups in total. The molecule has 30 heavy (non-hydrogen) atoms. The molecule has 2 aromatic carbocycles. The monoisotopic (exact) mass is 433 g/mol. The minimum absolute atomic E-state index is 0.0551. The van der Waals surface area contributed by atoms with Crippen LogP contribution >= 0.6 is 0 Å². The Bertz CT molecular complexity index is 969. The van der Waals surface area contributed by atoms with Crippen molar-refractivity contribution in [2.75, 3.05) is 25.9 Å². The van der Waals surface area contributed by atoms with Crippen molar-refractivity contribution < 1.29 is 22.7 Å². The summed E-state index contributed by atoms with van der Waals surface area (Å²) in [6.45, 7) is 4.42. The molecule has 0 fully saturated rings. The topological polar surface area (TPSA) is 119 Å². The lowest BCUT2D eigenvalue weighted by molar-refractivity contribution is -0.141. The average molecular weight is 434 g/mol. The van der Waals surface area contributed by atoms with Gasteiger partial charge in [0.25, 0.3) is 10.0 Å². The van der Waals surface area contributed by atoms with Gasteiger partial charge in [-0.2, -0.15) is 0 Å². The number of carbonyl (C=O) groups excluding carboxylic acids is 2. The number of nitrogens with zero attached hydrogens (tertiary/aromatic N) is 1. The van der Waals surface area contributed by atoms with Gasteiger partial charge in [-0.15, -0.1) is 0 Å².